The average Bonchev–Trinajstić information content (AvgIpc) is 2.61. The first-order valence-corrected chi connectivity index (χ1v) is 6.23. The third-order valence-corrected chi connectivity index (χ3v) is 3.77. The molecule has 0 saturated carbocycles. The van der Waals surface area contributed by atoms with Crippen LogP contribution in [0.4, 0.5) is 0 Å². The van der Waals surface area contributed by atoms with Crippen LogP contribution in [-0.4, -0.2) is 15.8 Å². The maximum absolute atomic E-state index is 11.8. The van der Waals surface area contributed by atoms with Gasteiger partial charge in [0.2, 0.25) is 5.78 Å². The van der Waals surface area contributed by atoms with E-state index in [1.165, 1.54) is 0 Å². The lowest BCUT2D eigenvalue weighted by molar-refractivity contribution is 0.0984. The molecule has 1 aromatic heterocycles. The molecular formula is C11H8Br2N2O. The molecule has 5 heteroatoms. The van der Waals surface area contributed by atoms with Gasteiger partial charge < -0.3 is 4.98 Å². The fraction of sp³-hybridized carbons (Fsp3) is 0.0909. The van der Waals surface area contributed by atoms with Gasteiger partial charge in [-0.2, -0.15) is 0 Å². The van der Waals surface area contributed by atoms with Gasteiger partial charge in [-0.05, 0) is 37.4 Å². The minimum absolute atomic E-state index is 0.0300. The number of nitrogens with one attached hydrogen (secondary N) is 1. The lowest BCUT2D eigenvalue weighted by Crippen LogP contribution is -2.05. The van der Waals surface area contributed by atoms with Gasteiger partial charge in [0.05, 0.1) is 0 Å². The quantitative estimate of drug-likeness (QED) is 0.868. The number of halogens is 2. The Morgan fingerprint density at radius 2 is 1.94 bits per heavy atom. The second kappa shape index (κ2) is 4.93. The molecule has 0 fully saturated rings. The largest absolute Gasteiger partial charge is 0.329 e. The van der Waals surface area contributed by atoms with Gasteiger partial charge in [-0.3, -0.25) is 4.79 Å². The fourth-order valence-electron chi connectivity index (χ4n) is 1.33. The van der Waals surface area contributed by atoms with E-state index < -0.39 is 0 Å². The molecule has 1 N–H and O–H groups in total. The van der Waals surface area contributed by atoms with Gasteiger partial charge in [-0.15, -0.1) is 0 Å². The van der Waals surface area contributed by atoms with E-state index in [4.69, 9.17) is 0 Å². The molecule has 0 saturated heterocycles. The average molecular weight is 344 g/mol. The number of nitrogens with zero attached hydrogens (tertiary/aromatic N) is 1. The highest BCUT2D eigenvalue weighted by Gasteiger charge is 2.13. The highest BCUT2D eigenvalue weighted by molar-refractivity contribution is 9.13. The zero-order valence-electron chi connectivity index (χ0n) is 8.21. The standard InChI is InChI=1S/C11H8Br2N2O/c12-9-10(13)15-11(14-9)8(16)6-7-4-2-1-3-5-7/h1-5H,6H2,(H,14,15). The first-order chi connectivity index (χ1) is 7.66. The zero-order valence-corrected chi connectivity index (χ0v) is 11.4. The predicted molar refractivity (Wildman–Crippen MR) is 68.5 cm³/mol. The minimum atomic E-state index is -0.0300. The van der Waals surface area contributed by atoms with Gasteiger partial charge in [-0.25, -0.2) is 4.98 Å². The first-order valence-electron chi connectivity index (χ1n) is 4.65. The summed E-state index contributed by atoms with van der Waals surface area (Å²) in [6.45, 7) is 0. The Labute approximate surface area is 110 Å². The van der Waals surface area contributed by atoms with Crippen molar-refractivity contribution in [1.82, 2.24) is 9.97 Å². The van der Waals surface area contributed by atoms with E-state index in [-0.39, 0.29) is 5.78 Å². The van der Waals surface area contributed by atoms with Crippen molar-refractivity contribution in [3.05, 3.63) is 50.9 Å². The van der Waals surface area contributed by atoms with Crippen LogP contribution in [0.5, 0.6) is 0 Å². The Hall–Kier alpha value is -0.940. The molecule has 0 aliphatic rings. The molecule has 2 rings (SSSR count). The first kappa shape index (κ1) is 11.5. The molecule has 2 aromatic rings. The maximum atomic E-state index is 11.8. The lowest BCUT2D eigenvalue weighted by Gasteiger charge is -1.97. The van der Waals surface area contributed by atoms with E-state index >= 15 is 0 Å². The van der Waals surface area contributed by atoms with E-state index in [2.05, 4.69) is 41.8 Å². The van der Waals surface area contributed by atoms with Crippen LogP contribution in [0.25, 0.3) is 0 Å². The number of carbonyl (C=O) groups excluding carboxylic acids is 1. The molecule has 1 heterocycles. The molecule has 0 bridgehead atoms. The van der Waals surface area contributed by atoms with E-state index in [1.807, 2.05) is 30.3 Å². The number of hydrogen-bond donors (Lipinski definition) is 1. The Balaban J connectivity index is 2.15. The molecule has 0 spiro atoms. The van der Waals surface area contributed by atoms with E-state index in [0.717, 1.165) is 5.56 Å². The van der Waals surface area contributed by atoms with Crippen LogP contribution < -0.4 is 0 Å². The Morgan fingerprint density at radius 3 is 2.50 bits per heavy atom. The van der Waals surface area contributed by atoms with E-state index in [0.29, 0.717) is 21.5 Å². The third kappa shape index (κ3) is 2.59. The summed E-state index contributed by atoms with van der Waals surface area (Å²) < 4.78 is 1.30. The van der Waals surface area contributed by atoms with Gasteiger partial charge in [-0.1, -0.05) is 30.3 Å². The number of rotatable bonds is 3. The molecule has 0 unspecified atom stereocenters. The SMILES string of the molecule is O=C(Cc1ccccc1)c1nc(Br)c(Br)[nH]1. The number of imidazole rings is 1. The Bertz CT molecular complexity index is 488. The van der Waals surface area contributed by atoms with Crippen LogP contribution in [0, 0.1) is 0 Å². The highest BCUT2D eigenvalue weighted by atomic mass is 79.9. The Morgan fingerprint density at radius 1 is 1.25 bits per heavy atom. The summed E-state index contributed by atoms with van der Waals surface area (Å²) in [5, 5.41) is 0. The summed E-state index contributed by atoms with van der Waals surface area (Å²) in [6, 6.07) is 9.59. The normalized spacial score (nSPS) is 10.4. The van der Waals surface area contributed by atoms with E-state index in [1.54, 1.807) is 0 Å². The fourth-order valence-corrected chi connectivity index (χ4v) is 1.88. The summed E-state index contributed by atoms with van der Waals surface area (Å²) in [5.74, 6) is 0.334. The van der Waals surface area contributed by atoms with Crippen molar-refractivity contribution < 1.29 is 4.79 Å². The zero-order chi connectivity index (χ0) is 11.5. The van der Waals surface area contributed by atoms with Crippen LogP contribution in [0.2, 0.25) is 0 Å². The molecule has 0 radical (unpaired) electrons. The summed E-state index contributed by atoms with van der Waals surface area (Å²) in [5.41, 5.74) is 0.983. The van der Waals surface area contributed by atoms with Gasteiger partial charge in [0.15, 0.2) is 5.82 Å². The van der Waals surface area contributed by atoms with Crippen molar-refractivity contribution in [1.29, 1.82) is 0 Å². The van der Waals surface area contributed by atoms with Crippen molar-refractivity contribution in [3.63, 3.8) is 0 Å². The third-order valence-electron chi connectivity index (χ3n) is 2.09. The Kier molecular flexibility index (Phi) is 3.56. The van der Waals surface area contributed by atoms with Crippen LogP contribution >= 0.6 is 31.9 Å². The topological polar surface area (TPSA) is 45.8 Å². The molecule has 0 aliphatic carbocycles. The molecule has 16 heavy (non-hydrogen) atoms. The number of Topliss-reactive ketones (excluding diaryl/α,β-unsaturated/α-hetero) is 1. The summed E-state index contributed by atoms with van der Waals surface area (Å²) in [6.07, 6.45) is 0.354. The van der Waals surface area contributed by atoms with Crippen molar-refractivity contribution in [3.8, 4) is 0 Å². The monoisotopic (exact) mass is 342 g/mol. The van der Waals surface area contributed by atoms with Crippen molar-refractivity contribution in [2.45, 2.75) is 6.42 Å². The predicted octanol–water partition coefficient (Wildman–Crippen LogP) is 3.36. The summed E-state index contributed by atoms with van der Waals surface area (Å²) in [4.78, 5) is 18.8. The lowest BCUT2D eigenvalue weighted by atomic mass is 10.1. The number of aromatic amines is 1. The number of carbonyl (C=O) groups is 1. The molecule has 1 aromatic carbocycles. The minimum Gasteiger partial charge on any atom is -0.329 e. The van der Waals surface area contributed by atoms with Crippen molar-refractivity contribution in [2.24, 2.45) is 0 Å². The maximum Gasteiger partial charge on any atom is 0.202 e. The van der Waals surface area contributed by atoms with Gasteiger partial charge in [0.25, 0.3) is 0 Å². The number of hydrogen-bond acceptors (Lipinski definition) is 2. The second-order valence-electron chi connectivity index (χ2n) is 3.28. The molecular weight excluding hydrogens is 336 g/mol. The number of aromatic nitrogens is 2. The molecule has 82 valence electrons. The number of benzene rings is 1. The van der Waals surface area contributed by atoms with Crippen LogP contribution in [0.1, 0.15) is 16.2 Å². The molecule has 0 amide bonds. The highest BCUT2D eigenvalue weighted by Crippen LogP contribution is 2.20. The number of ketones is 1. The van der Waals surface area contributed by atoms with E-state index in [9.17, 15) is 4.79 Å². The summed E-state index contributed by atoms with van der Waals surface area (Å²) >= 11 is 6.48. The van der Waals surface area contributed by atoms with Crippen LogP contribution in [-0.2, 0) is 6.42 Å². The summed E-state index contributed by atoms with van der Waals surface area (Å²) in [7, 11) is 0. The second-order valence-corrected chi connectivity index (χ2v) is 4.82. The van der Waals surface area contributed by atoms with Crippen molar-refractivity contribution in [2.75, 3.05) is 0 Å². The molecule has 3 nitrogen and oxygen atoms in total. The number of H-pyrrole nitrogens is 1. The van der Waals surface area contributed by atoms with Gasteiger partial charge >= 0.3 is 0 Å². The van der Waals surface area contributed by atoms with Crippen molar-refractivity contribution >= 4 is 37.6 Å². The smallest absolute Gasteiger partial charge is 0.202 e. The van der Waals surface area contributed by atoms with Crippen LogP contribution in [0.3, 0.4) is 0 Å². The molecule has 0 aliphatic heterocycles. The molecule has 0 atom stereocenters. The van der Waals surface area contributed by atoms with Gasteiger partial charge in [0.1, 0.15) is 9.21 Å². The van der Waals surface area contributed by atoms with Gasteiger partial charge in [0, 0.05) is 6.42 Å². The van der Waals surface area contributed by atoms with Crippen LogP contribution in [0.15, 0.2) is 39.5 Å².